The third-order valence-electron chi connectivity index (χ3n) is 5.22. The fourth-order valence-corrected chi connectivity index (χ4v) is 6.44. The largest absolute Gasteiger partial charge is 0.0537 e. The molecule has 0 amide bonds. The molecule has 0 nitrogen and oxygen atoms in total. The Labute approximate surface area is 170 Å². The van der Waals surface area contributed by atoms with E-state index in [1.54, 1.807) is 0 Å². The molecular formula is C20H6Br4. The van der Waals surface area contributed by atoms with Gasteiger partial charge in [-0.25, -0.2) is 0 Å². The molecule has 0 spiro atoms. The summed E-state index contributed by atoms with van der Waals surface area (Å²) in [6, 6.07) is 13.4. The summed E-state index contributed by atoms with van der Waals surface area (Å²) in [5, 5.41) is 13.2. The lowest BCUT2D eigenvalue weighted by molar-refractivity contribution is 1.74. The third kappa shape index (κ3) is 1.44. The van der Waals surface area contributed by atoms with Crippen LogP contribution < -0.4 is 0 Å². The van der Waals surface area contributed by atoms with Gasteiger partial charge in [-0.2, -0.15) is 0 Å². The summed E-state index contributed by atoms with van der Waals surface area (Å²) in [7, 11) is 0. The molecule has 0 unspecified atom stereocenters. The summed E-state index contributed by atoms with van der Waals surface area (Å²) in [5.74, 6) is 0. The first-order valence-electron chi connectivity index (χ1n) is 7.49. The van der Waals surface area contributed by atoms with E-state index in [1.165, 1.54) is 53.9 Å². The summed E-state index contributed by atoms with van der Waals surface area (Å²) in [5.41, 5.74) is 0. The number of hydrogen-bond acceptors (Lipinski definition) is 0. The molecule has 0 aliphatic carbocycles. The molecule has 0 saturated carbocycles. The van der Waals surface area contributed by atoms with Gasteiger partial charge >= 0.3 is 0 Å². The average molecular weight is 566 g/mol. The van der Waals surface area contributed by atoms with Crippen LogP contribution in [0.1, 0.15) is 0 Å². The van der Waals surface area contributed by atoms with Gasteiger partial charge in [0.15, 0.2) is 0 Å². The van der Waals surface area contributed by atoms with Crippen molar-refractivity contribution in [2.24, 2.45) is 0 Å². The Morgan fingerprint density at radius 1 is 0.375 bits per heavy atom. The smallest absolute Gasteiger partial charge is 0.0402 e. The molecule has 6 aromatic carbocycles. The zero-order chi connectivity index (χ0) is 16.3. The maximum atomic E-state index is 3.81. The van der Waals surface area contributed by atoms with Crippen LogP contribution in [-0.4, -0.2) is 0 Å². The van der Waals surface area contributed by atoms with Crippen molar-refractivity contribution in [3.05, 3.63) is 54.3 Å². The average Bonchev–Trinajstić information content (AvgIpc) is 2.96. The second kappa shape index (κ2) is 4.53. The van der Waals surface area contributed by atoms with Gasteiger partial charge in [0.25, 0.3) is 0 Å². The summed E-state index contributed by atoms with van der Waals surface area (Å²) in [6.07, 6.45) is 0. The lowest BCUT2D eigenvalue weighted by Gasteiger charge is -2.11. The van der Waals surface area contributed by atoms with Gasteiger partial charge in [0.05, 0.1) is 0 Å². The normalized spacial score (nSPS) is 13.0. The van der Waals surface area contributed by atoms with Gasteiger partial charge in [-0.1, -0.05) is 36.4 Å². The van der Waals surface area contributed by atoms with Crippen LogP contribution in [0, 0.1) is 0 Å². The molecule has 24 heavy (non-hydrogen) atoms. The van der Waals surface area contributed by atoms with Gasteiger partial charge in [-0.15, -0.1) is 0 Å². The molecular weight excluding hydrogens is 560 g/mol. The SMILES string of the molecule is Brc1c(Br)c2ccc3c(Br)c(Br)c4ccc5ccc1c1c5c4c3c21. The zero-order valence-electron chi connectivity index (χ0n) is 12.0. The van der Waals surface area contributed by atoms with Crippen LogP contribution in [0.3, 0.4) is 0 Å². The predicted octanol–water partition coefficient (Wildman–Crippen LogP) is 8.82. The highest BCUT2D eigenvalue weighted by atomic mass is 79.9. The molecule has 114 valence electrons. The Kier molecular flexibility index (Phi) is 2.73. The van der Waals surface area contributed by atoms with E-state index in [2.05, 4.69) is 100 Å². The van der Waals surface area contributed by atoms with Crippen LogP contribution in [-0.2, 0) is 0 Å². The van der Waals surface area contributed by atoms with Crippen molar-refractivity contribution in [1.29, 1.82) is 0 Å². The molecule has 0 atom stereocenters. The predicted molar refractivity (Wildman–Crippen MR) is 118 cm³/mol. The molecule has 6 aromatic rings. The molecule has 0 aliphatic rings. The minimum atomic E-state index is 1.13. The highest BCUT2D eigenvalue weighted by molar-refractivity contribution is 9.13. The van der Waals surface area contributed by atoms with Crippen molar-refractivity contribution in [3.63, 3.8) is 0 Å². The van der Waals surface area contributed by atoms with Gasteiger partial charge in [0.1, 0.15) is 0 Å². The quantitative estimate of drug-likeness (QED) is 0.161. The van der Waals surface area contributed by atoms with E-state index >= 15 is 0 Å². The van der Waals surface area contributed by atoms with Crippen molar-refractivity contribution in [2.75, 3.05) is 0 Å². The van der Waals surface area contributed by atoms with Gasteiger partial charge in [0, 0.05) is 17.9 Å². The maximum Gasteiger partial charge on any atom is 0.0402 e. The summed E-state index contributed by atoms with van der Waals surface area (Å²) in [4.78, 5) is 0. The molecule has 0 aliphatic heterocycles. The minimum absolute atomic E-state index is 1.13. The van der Waals surface area contributed by atoms with Crippen molar-refractivity contribution >= 4 is 118 Å². The van der Waals surface area contributed by atoms with Crippen molar-refractivity contribution in [1.82, 2.24) is 0 Å². The molecule has 6 rings (SSSR count). The summed E-state index contributed by atoms with van der Waals surface area (Å²) in [6.45, 7) is 0. The van der Waals surface area contributed by atoms with Gasteiger partial charge in [0.2, 0.25) is 0 Å². The number of halogens is 4. The van der Waals surface area contributed by atoms with Crippen molar-refractivity contribution in [3.8, 4) is 0 Å². The lowest BCUT2D eigenvalue weighted by Crippen LogP contribution is -1.83. The molecule has 0 N–H and O–H groups in total. The standard InChI is InChI=1S/C20H6Br4/c21-17-8-3-1-7-2-4-9-14-12(7)13(8)15-10(19(17)23)5-6-11(16(14)15)20(24)18(9)22/h1-6H. The van der Waals surface area contributed by atoms with E-state index in [4.69, 9.17) is 0 Å². The van der Waals surface area contributed by atoms with E-state index < -0.39 is 0 Å². The number of benzene rings is 5. The van der Waals surface area contributed by atoms with Crippen LogP contribution in [0.15, 0.2) is 54.3 Å². The molecule has 0 fully saturated rings. The van der Waals surface area contributed by atoms with E-state index in [9.17, 15) is 0 Å². The monoisotopic (exact) mass is 562 g/mol. The number of rotatable bonds is 0. The van der Waals surface area contributed by atoms with E-state index in [1.807, 2.05) is 0 Å². The zero-order valence-corrected chi connectivity index (χ0v) is 18.3. The second-order valence-corrected chi connectivity index (χ2v) is 9.41. The lowest BCUT2D eigenvalue weighted by atomic mass is 10.00. The fourth-order valence-electron chi connectivity index (χ4n) is 4.26. The highest BCUT2D eigenvalue weighted by Crippen LogP contribution is 2.54. The Morgan fingerprint density at radius 2 is 0.667 bits per heavy atom. The minimum Gasteiger partial charge on any atom is -0.0537 e. The van der Waals surface area contributed by atoms with E-state index in [0.717, 1.165) is 17.9 Å². The Morgan fingerprint density at radius 3 is 1.04 bits per heavy atom. The van der Waals surface area contributed by atoms with Gasteiger partial charge in [-0.3, -0.25) is 0 Å². The Hall–Kier alpha value is -0.680. The number of hydrogen-bond donors (Lipinski definition) is 0. The van der Waals surface area contributed by atoms with Crippen molar-refractivity contribution in [2.45, 2.75) is 0 Å². The van der Waals surface area contributed by atoms with E-state index in [-0.39, 0.29) is 0 Å². The van der Waals surface area contributed by atoms with Crippen LogP contribution in [0.5, 0.6) is 0 Å². The maximum absolute atomic E-state index is 3.81. The molecule has 0 saturated heterocycles. The topological polar surface area (TPSA) is 0 Å². The molecule has 0 bridgehead atoms. The third-order valence-corrected chi connectivity index (χ3v) is 9.58. The molecule has 0 aromatic heterocycles. The summed E-state index contributed by atoms with van der Waals surface area (Å²) < 4.78 is 4.53. The molecule has 0 radical (unpaired) electrons. The van der Waals surface area contributed by atoms with Crippen molar-refractivity contribution < 1.29 is 0 Å². The van der Waals surface area contributed by atoms with Crippen LogP contribution >= 0.6 is 63.7 Å². The van der Waals surface area contributed by atoms with Crippen LogP contribution in [0.4, 0.5) is 0 Å². The van der Waals surface area contributed by atoms with Gasteiger partial charge in [-0.05, 0) is 118 Å². The fraction of sp³-hybridized carbons (Fsp3) is 0. The first kappa shape index (κ1) is 14.5. The second-order valence-electron chi connectivity index (χ2n) is 6.24. The van der Waals surface area contributed by atoms with Crippen LogP contribution in [0.25, 0.3) is 53.9 Å². The van der Waals surface area contributed by atoms with E-state index in [0.29, 0.717) is 0 Å². The molecule has 4 heteroatoms. The Bertz CT molecular complexity index is 1330. The highest BCUT2D eigenvalue weighted by Gasteiger charge is 2.25. The molecule has 0 heterocycles. The Balaban J connectivity index is 2.22. The first-order valence-corrected chi connectivity index (χ1v) is 10.7. The summed E-state index contributed by atoms with van der Waals surface area (Å²) >= 11 is 15.2. The van der Waals surface area contributed by atoms with Crippen LogP contribution in [0.2, 0.25) is 0 Å². The van der Waals surface area contributed by atoms with Gasteiger partial charge < -0.3 is 0 Å². The first-order chi connectivity index (χ1) is 11.6.